The van der Waals surface area contributed by atoms with E-state index in [2.05, 4.69) is 5.10 Å². The Kier molecular flexibility index (Phi) is 4.42. The van der Waals surface area contributed by atoms with Crippen LogP contribution in [0.15, 0.2) is 36.7 Å². The van der Waals surface area contributed by atoms with Gasteiger partial charge in [0.15, 0.2) is 0 Å². The van der Waals surface area contributed by atoms with Crippen molar-refractivity contribution in [1.82, 2.24) is 14.7 Å². The van der Waals surface area contributed by atoms with Crippen molar-refractivity contribution in [2.45, 2.75) is 51.2 Å². The van der Waals surface area contributed by atoms with E-state index < -0.39 is 0 Å². The van der Waals surface area contributed by atoms with Crippen molar-refractivity contribution >= 4 is 5.91 Å². The number of amides is 1. The van der Waals surface area contributed by atoms with E-state index in [-0.39, 0.29) is 29.8 Å². The smallest absolute Gasteiger partial charge is 0.257 e. The summed E-state index contributed by atoms with van der Waals surface area (Å²) in [5.74, 6) is 0.867. The van der Waals surface area contributed by atoms with Crippen molar-refractivity contribution in [2.75, 3.05) is 6.61 Å². The molecule has 6 heteroatoms. The number of ether oxygens (including phenoxy) is 1. The molecule has 1 aliphatic carbocycles. The Morgan fingerprint density at radius 3 is 2.77 bits per heavy atom. The van der Waals surface area contributed by atoms with Gasteiger partial charge in [-0.25, -0.2) is 4.39 Å². The Morgan fingerprint density at radius 2 is 2.08 bits per heavy atom. The largest absolute Gasteiger partial charge is 0.491 e. The molecule has 1 aromatic carbocycles. The number of carbonyl (C=O) groups excluding carboxylic acids is 1. The molecule has 3 atom stereocenters. The van der Waals surface area contributed by atoms with E-state index in [1.165, 1.54) is 12.1 Å². The van der Waals surface area contributed by atoms with Gasteiger partial charge in [0.1, 0.15) is 18.2 Å². The molecule has 1 aromatic heterocycles. The number of fused-ring (bicyclic) bond motifs is 2. The third-order valence-electron chi connectivity index (χ3n) is 5.59. The quantitative estimate of drug-likeness (QED) is 0.820. The van der Waals surface area contributed by atoms with Gasteiger partial charge in [-0.2, -0.15) is 5.10 Å². The highest BCUT2D eigenvalue weighted by Gasteiger charge is 2.48. The van der Waals surface area contributed by atoms with Crippen LogP contribution in [0.4, 0.5) is 4.39 Å². The lowest BCUT2D eigenvalue weighted by molar-refractivity contribution is 0.0505. The highest BCUT2D eigenvalue weighted by Crippen LogP contribution is 2.43. The average molecular weight is 357 g/mol. The van der Waals surface area contributed by atoms with Crippen molar-refractivity contribution in [3.8, 4) is 5.75 Å². The van der Waals surface area contributed by atoms with Crippen LogP contribution in [0.25, 0.3) is 0 Å². The fourth-order valence-corrected chi connectivity index (χ4v) is 4.22. The van der Waals surface area contributed by atoms with E-state index >= 15 is 0 Å². The zero-order valence-electron chi connectivity index (χ0n) is 15.1. The first kappa shape index (κ1) is 17.1. The summed E-state index contributed by atoms with van der Waals surface area (Å²) in [5.41, 5.74) is 0.637. The molecule has 0 unspecified atom stereocenters. The van der Waals surface area contributed by atoms with Crippen LogP contribution < -0.4 is 4.74 Å². The molecule has 2 fully saturated rings. The number of likely N-dealkylation sites (tertiary alicyclic amines) is 1. The SMILES string of the molecule is CC(C)n1cc(C(=O)N2[C@H]3CC[C@H](C3)[C@@H]2COc2ccc(F)cc2)cn1. The number of carbonyl (C=O) groups is 1. The topological polar surface area (TPSA) is 47.4 Å². The zero-order valence-corrected chi connectivity index (χ0v) is 15.1. The van der Waals surface area contributed by atoms with E-state index in [4.69, 9.17) is 4.74 Å². The van der Waals surface area contributed by atoms with Crippen LogP contribution >= 0.6 is 0 Å². The second-order valence-corrected chi connectivity index (χ2v) is 7.57. The summed E-state index contributed by atoms with van der Waals surface area (Å²) in [6, 6.07) is 6.61. The third-order valence-corrected chi connectivity index (χ3v) is 5.59. The second kappa shape index (κ2) is 6.74. The van der Waals surface area contributed by atoms with Crippen LogP contribution in [0.1, 0.15) is 49.5 Å². The Bertz CT molecular complexity index is 787. The van der Waals surface area contributed by atoms with Gasteiger partial charge in [-0.3, -0.25) is 9.48 Å². The summed E-state index contributed by atoms with van der Waals surface area (Å²) in [7, 11) is 0. The number of nitrogens with zero attached hydrogens (tertiary/aromatic N) is 3. The summed E-state index contributed by atoms with van der Waals surface area (Å²) < 4.78 is 20.7. The molecule has 1 aliphatic heterocycles. The van der Waals surface area contributed by atoms with E-state index in [1.807, 2.05) is 29.6 Å². The molecular formula is C20H24FN3O2. The van der Waals surface area contributed by atoms with Gasteiger partial charge < -0.3 is 9.64 Å². The lowest BCUT2D eigenvalue weighted by Crippen LogP contribution is -2.47. The van der Waals surface area contributed by atoms with Gasteiger partial charge in [0.25, 0.3) is 5.91 Å². The van der Waals surface area contributed by atoms with Crippen LogP contribution in [0.2, 0.25) is 0 Å². The number of benzene rings is 1. The Labute approximate surface area is 152 Å². The minimum atomic E-state index is -0.281. The molecule has 1 saturated heterocycles. The summed E-state index contributed by atoms with van der Waals surface area (Å²) in [4.78, 5) is 15.1. The number of halogens is 1. The highest BCUT2D eigenvalue weighted by atomic mass is 19.1. The summed E-state index contributed by atoms with van der Waals surface area (Å²) in [6.07, 6.45) is 6.73. The summed E-state index contributed by atoms with van der Waals surface area (Å²) in [5, 5.41) is 4.30. The molecule has 2 aliphatic rings. The van der Waals surface area contributed by atoms with Crippen LogP contribution in [0.5, 0.6) is 5.75 Å². The maximum absolute atomic E-state index is 13.1. The van der Waals surface area contributed by atoms with Crippen molar-refractivity contribution in [2.24, 2.45) is 5.92 Å². The molecule has 1 amide bonds. The molecule has 138 valence electrons. The molecule has 5 nitrogen and oxygen atoms in total. The lowest BCUT2D eigenvalue weighted by Gasteiger charge is -2.35. The first-order valence-corrected chi connectivity index (χ1v) is 9.28. The van der Waals surface area contributed by atoms with Crippen molar-refractivity contribution in [3.05, 3.63) is 48.0 Å². The van der Waals surface area contributed by atoms with E-state index in [9.17, 15) is 9.18 Å². The fourth-order valence-electron chi connectivity index (χ4n) is 4.22. The number of aromatic nitrogens is 2. The van der Waals surface area contributed by atoms with E-state index in [1.54, 1.807) is 18.3 Å². The number of rotatable bonds is 5. The standard InChI is InChI=1S/C20H24FN3O2/c1-13(2)23-11-15(10-22-23)20(25)24-17-6-3-14(9-17)19(24)12-26-18-7-4-16(21)5-8-18/h4-5,7-8,10-11,13-14,17,19H,3,6,9,12H2,1-2H3/t14-,17+,19+/m1/s1. The highest BCUT2D eigenvalue weighted by molar-refractivity contribution is 5.94. The predicted octanol–water partition coefficient (Wildman–Crippen LogP) is 3.68. The summed E-state index contributed by atoms with van der Waals surface area (Å²) >= 11 is 0. The maximum atomic E-state index is 13.1. The normalized spacial score (nSPS) is 24.5. The van der Waals surface area contributed by atoms with E-state index in [0.29, 0.717) is 23.8 Å². The Hall–Kier alpha value is -2.37. The van der Waals surface area contributed by atoms with Crippen LogP contribution in [-0.2, 0) is 0 Å². The molecule has 2 aromatic rings. The van der Waals surface area contributed by atoms with Gasteiger partial charge in [-0.05, 0) is 63.3 Å². The Morgan fingerprint density at radius 1 is 1.31 bits per heavy atom. The minimum absolute atomic E-state index is 0.0387. The van der Waals surface area contributed by atoms with Crippen molar-refractivity contribution < 1.29 is 13.9 Å². The van der Waals surface area contributed by atoms with Crippen LogP contribution in [0.3, 0.4) is 0 Å². The molecule has 2 heterocycles. The first-order valence-electron chi connectivity index (χ1n) is 9.28. The van der Waals surface area contributed by atoms with E-state index in [0.717, 1.165) is 19.3 Å². The van der Waals surface area contributed by atoms with Gasteiger partial charge >= 0.3 is 0 Å². The molecule has 0 radical (unpaired) electrons. The average Bonchev–Trinajstić information content (AvgIpc) is 3.36. The Balaban J connectivity index is 1.49. The van der Waals surface area contributed by atoms with Gasteiger partial charge in [0.05, 0.1) is 17.8 Å². The maximum Gasteiger partial charge on any atom is 0.257 e. The first-order chi connectivity index (χ1) is 12.5. The number of hydrogen-bond acceptors (Lipinski definition) is 3. The zero-order chi connectivity index (χ0) is 18.3. The van der Waals surface area contributed by atoms with Gasteiger partial charge in [-0.15, -0.1) is 0 Å². The number of hydrogen-bond donors (Lipinski definition) is 0. The molecule has 0 spiro atoms. The lowest BCUT2D eigenvalue weighted by atomic mass is 9.99. The fraction of sp³-hybridized carbons (Fsp3) is 0.500. The molecule has 26 heavy (non-hydrogen) atoms. The second-order valence-electron chi connectivity index (χ2n) is 7.57. The monoisotopic (exact) mass is 357 g/mol. The van der Waals surface area contributed by atoms with Crippen LogP contribution in [-0.4, -0.2) is 39.3 Å². The van der Waals surface area contributed by atoms with Gasteiger partial charge in [0, 0.05) is 18.3 Å². The van der Waals surface area contributed by atoms with Crippen molar-refractivity contribution in [1.29, 1.82) is 0 Å². The predicted molar refractivity (Wildman–Crippen MR) is 95.6 cm³/mol. The van der Waals surface area contributed by atoms with Crippen LogP contribution in [0, 0.1) is 11.7 Å². The summed E-state index contributed by atoms with van der Waals surface area (Å²) in [6.45, 7) is 4.52. The van der Waals surface area contributed by atoms with Gasteiger partial charge in [-0.1, -0.05) is 0 Å². The molecule has 2 bridgehead atoms. The van der Waals surface area contributed by atoms with Crippen molar-refractivity contribution in [3.63, 3.8) is 0 Å². The molecular weight excluding hydrogens is 333 g/mol. The molecule has 0 N–H and O–H groups in total. The number of piperidine rings is 1. The minimum Gasteiger partial charge on any atom is -0.491 e. The molecule has 4 rings (SSSR count). The molecule has 1 saturated carbocycles. The third kappa shape index (κ3) is 3.08. The van der Waals surface area contributed by atoms with Gasteiger partial charge in [0.2, 0.25) is 0 Å².